The first kappa shape index (κ1) is 78.8. The summed E-state index contributed by atoms with van der Waals surface area (Å²) in [6.45, 7) is 50.9. The summed E-state index contributed by atoms with van der Waals surface area (Å²) in [5.74, 6) is -1.80. The Kier molecular flexibility index (Phi) is 33.0. The Balaban J connectivity index is 2.48. The second kappa shape index (κ2) is 38.5. The lowest BCUT2D eigenvalue weighted by Gasteiger charge is -2.29. The predicted octanol–water partition coefficient (Wildman–Crippen LogP) is 16.8. The van der Waals surface area contributed by atoms with Gasteiger partial charge in [-0.3, -0.25) is 0 Å². The Labute approximate surface area is 549 Å². The minimum Gasteiger partial charge on any atom is -0.462 e. The lowest BCUT2D eigenvalue weighted by Crippen LogP contribution is -2.16. The summed E-state index contributed by atoms with van der Waals surface area (Å²) in [5.41, 5.74) is 15.0. The number of esters is 6. The molecule has 0 aliphatic rings. The van der Waals surface area contributed by atoms with Gasteiger partial charge in [-0.1, -0.05) is 39.5 Å². The summed E-state index contributed by atoms with van der Waals surface area (Å²) in [4.78, 5) is 74.2. The van der Waals surface area contributed by atoms with Crippen molar-refractivity contribution in [3.8, 4) is 17.2 Å². The third-order valence-corrected chi connectivity index (χ3v) is 17.7. The molecule has 3 rings (SSSR count). The Morgan fingerprint density at radius 1 is 0.261 bits per heavy atom. The normalized spacial score (nSPS) is 11.1. The third-order valence-electron chi connectivity index (χ3n) is 16.5. The second-order valence-corrected chi connectivity index (χ2v) is 25.9. The van der Waals surface area contributed by atoms with Crippen molar-refractivity contribution < 1.29 is 75.3 Å². The lowest BCUT2D eigenvalue weighted by atomic mass is 9.87. The van der Waals surface area contributed by atoms with Crippen LogP contribution in [0.1, 0.15) is 202 Å². The van der Waals surface area contributed by atoms with Gasteiger partial charge in [0.25, 0.3) is 0 Å². The van der Waals surface area contributed by atoms with E-state index >= 15 is 4.57 Å². The highest BCUT2D eigenvalue weighted by molar-refractivity contribution is 7.49. The number of rotatable bonds is 42. The molecule has 0 spiro atoms. The van der Waals surface area contributed by atoms with E-state index in [1.165, 1.54) is 0 Å². The van der Waals surface area contributed by atoms with Gasteiger partial charge in [0, 0.05) is 33.4 Å². The Hall–Kier alpha value is -7.45. The van der Waals surface area contributed by atoms with Gasteiger partial charge >= 0.3 is 43.6 Å². The van der Waals surface area contributed by atoms with E-state index in [-0.39, 0.29) is 39.6 Å². The van der Waals surface area contributed by atoms with Crippen molar-refractivity contribution in [2.75, 3.05) is 39.6 Å². The Morgan fingerprint density at radius 2 is 0.402 bits per heavy atom. The molecule has 92 heavy (non-hydrogen) atoms. The van der Waals surface area contributed by atoms with E-state index in [0.29, 0.717) is 166 Å². The number of hydrogen-bond donors (Lipinski definition) is 0. The van der Waals surface area contributed by atoms with Crippen LogP contribution < -0.4 is 13.6 Å². The lowest BCUT2D eigenvalue weighted by molar-refractivity contribution is -0.139. The fraction of sp³-hybridized carbons (Fsp3) is 0.520. The summed E-state index contributed by atoms with van der Waals surface area (Å²) in [6, 6.07) is 0. The van der Waals surface area contributed by atoms with Crippen LogP contribution in [0.4, 0.5) is 0 Å². The smallest absolute Gasteiger partial charge is 0.462 e. The zero-order valence-corrected chi connectivity index (χ0v) is 59.1. The highest BCUT2D eigenvalue weighted by atomic mass is 31.2. The van der Waals surface area contributed by atoms with Crippen LogP contribution in [-0.2, 0) is 100 Å². The number of hydrogen-bond acceptors (Lipinski definition) is 16. The second-order valence-electron chi connectivity index (χ2n) is 24.4. The van der Waals surface area contributed by atoms with Crippen LogP contribution in [0.2, 0.25) is 0 Å². The summed E-state index contributed by atoms with van der Waals surface area (Å²) in [7, 11) is -4.95. The average molecular weight is 1290 g/mol. The number of ether oxygens (including phenoxy) is 6. The topological polar surface area (TPSA) is 203 Å². The van der Waals surface area contributed by atoms with E-state index in [2.05, 4.69) is 60.2 Å². The maximum Gasteiger partial charge on any atom is 0.647 e. The molecule has 0 unspecified atom stereocenters. The molecule has 17 heteroatoms. The van der Waals surface area contributed by atoms with Crippen molar-refractivity contribution in [2.24, 2.45) is 0 Å². The molecule has 0 radical (unpaired) electrons. The standard InChI is InChI=1S/C75H105O16P/c1-46(2)70(76)83-40-28-22-34-61-52(13)62(35-23-29-41-84-71(77)47(3)4)56(17)67(55(61)16)89-92(82,90-68-57(18)63(36-24-30-42-85-72(78)48(5)6)53(14)64(58(68)19)37-25-31-43-86-73(79)49(7)8)91-69-59(20)65(38-26-32-44-87-74(80)50(9)10)54(15)66(60(69)21)39-27-33-45-88-75(81)51(11)12/h1,3,5,7,9,11,22-45H2,2,4,6,8,10,12-21H3. The van der Waals surface area contributed by atoms with Crippen LogP contribution in [-0.4, -0.2) is 75.5 Å². The molecular weight excluding hydrogens is 1190 g/mol. The van der Waals surface area contributed by atoms with E-state index in [1.807, 2.05) is 41.5 Å². The summed E-state index contributed by atoms with van der Waals surface area (Å²) in [6.07, 6.45) is 10.5. The molecule has 16 nitrogen and oxygen atoms in total. The molecule has 0 amide bonds. The van der Waals surface area contributed by atoms with Crippen molar-refractivity contribution in [1.82, 2.24) is 0 Å². The quantitative estimate of drug-likeness (QED) is 0.0170. The zero-order chi connectivity index (χ0) is 69.2. The highest BCUT2D eigenvalue weighted by Gasteiger charge is 2.39. The number of benzene rings is 3. The van der Waals surface area contributed by atoms with Gasteiger partial charge in [0.05, 0.1) is 39.6 Å². The van der Waals surface area contributed by atoms with Crippen LogP contribution in [0.25, 0.3) is 0 Å². The van der Waals surface area contributed by atoms with Gasteiger partial charge in [-0.15, -0.1) is 0 Å². The minimum absolute atomic E-state index is 0.194. The van der Waals surface area contributed by atoms with Crippen LogP contribution in [0, 0.1) is 62.3 Å². The van der Waals surface area contributed by atoms with E-state index in [9.17, 15) is 28.8 Å². The maximum absolute atomic E-state index is 17.1. The molecular formula is C75H105O16P. The Morgan fingerprint density at radius 3 is 0.533 bits per heavy atom. The fourth-order valence-corrected chi connectivity index (χ4v) is 12.7. The van der Waals surface area contributed by atoms with Gasteiger partial charge in [0.1, 0.15) is 17.2 Å². The van der Waals surface area contributed by atoms with E-state index in [0.717, 1.165) is 83.5 Å². The SMILES string of the molecule is C=C(C)C(=O)OCCCCc1c(C)c(CCCCOC(=O)C(=C)C)c(C)c(OP(=O)(Oc2c(C)c(CCCCOC(=O)C(=C)C)c(C)c(CCCCOC(=O)C(=C)C)c2C)Oc2c(C)c(CCCCOC(=O)C(=C)C)c(C)c(CCCCOC(=O)C(=C)C)c2C)c1C. The van der Waals surface area contributed by atoms with Gasteiger partial charge in [-0.25, -0.2) is 28.8 Å². The predicted molar refractivity (Wildman–Crippen MR) is 364 cm³/mol. The van der Waals surface area contributed by atoms with Crippen LogP contribution in [0.5, 0.6) is 17.2 Å². The van der Waals surface area contributed by atoms with Crippen molar-refractivity contribution in [3.63, 3.8) is 0 Å². The van der Waals surface area contributed by atoms with E-state index in [4.69, 9.17) is 42.0 Å². The molecule has 0 fully saturated rings. The molecule has 0 bridgehead atoms. The average Bonchev–Trinajstić information content (AvgIpc) is 0.765. The van der Waals surface area contributed by atoms with Gasteiger partial charge in [-0.05, 0) is 303 Å². The number of phosphoric acid groups is 1. The van der Waals surface area contributed by atoms with Gasteiger partial charge in [-0.2, -0.15) is 4.57 Å². The summed E-state index contributed by atoms with van der Waals surface area (Å²) < 4.78 is 71.4. The number of carbonyl (C=O) groups excluding carboxylic acids is 6. The van der Waals surface area contributed by atoms with E-state index < -0.39 is 43.6 Å². The van der Waals surface area contributed by atoms with Crippen molar-refractivity contribution in [3.05, 3.63) is 156 Å². The fourth-order valence-electron chi connectivity index (χ4n) is 11.1. The van der Waals surface area contributed by atoms with Crippen LogP contribution in [0.3, 0.4) is 0 Å². The molecule has 3 aromatic carbocycles. The highest BCUT2D eigenvalue weighted by Crippen LogP contribution is 2.56. The molecule has 0 aromatic heterocycles. The van der Waals surface area contributed by atoms with Crippen molar-refractivity contribution in [2.45, 2.75) is 219 Å². The van der Waals surface area contributed by atoms with E-state index in [1.54, 1.807) is 41.5 Å². The van der Waals surface area contributed by atoms with Crippen molar-refractivity contribution in [1.29, 1.82) is 0 Å². The molecule has 3 aromatic rings. The molecule has 0 heterocycles. The maximum atomic E-state index is 17.1. The van der Waals surface area contributed by atoms with Gasteiger partial charge in [0.15, 0.2) is 0 Å². The molecule has 0 saturated carbocycles. The molecule has 506 valence electrons. The number of unbranched alkanes of at least 4 members (excludes halogenated alkanes) is 6. The first-order chi connectivity index (χ1) is 43.3. The minimum atomic E-state index is -4.95. The van der Waals surface area contributed by atoms with Gasteiger partial charge < -0.3 is 42.0 Å². The summed E-state index contributed by atoms with van der Waals surface area (Å²) in [5, 5.41) is 0. The zero-order valence-electron chi connectivity index (χ0n) is 58.2. The molecule has 0 saturated heterocycles. The number of carbonyl (C=O) groups is 6. The first-order valence-corrected chi connectivity index (χ1v) is 33.7. The van der Waals surface area contributed by atoms with Crippen molar-refractivity contribution >= 4 is 43.6 Å². The number of phosphoric ester groups is 1. The molecule has 0 aliphatic heterocycles. The molecule has 0 aliphatic carbocycles. The van der Waals surface area contributed by atoms with Crippen LogP contribution >= 0.6 is 7.82 Å². The summed E-state index contributed by atoms with van der Waals surface area (Å²) >= 11 is 0. The van der Waals surface area contributed by atoms with Gasteiger partial charge in [0.2, 0.25) is 0 Å². The first-order valence-electron chi connectivity index (χ1n) is 32.3. The largest absolute Gasteiger partial charge is 0.647 e. The third kappa shape index (κ3) is 23.9. The molecule has 0 N–H and O–H groups in total. The monoisotopic (exact) mass is 1290 g/mol. The molecule has 0 atom stereocenters. The Bertz CT molecular complexity index is 2770. The van der Waals surface area contributed by atoms with Crippen LogP contribution in [0.15, 0.2) is 72.9 Å².